The molecule has 2 aliphatic rings. The monoisotopic (exact) mass is 516 g/mol. The molecule has 188 valence electrons. The standard InChI is InChI=1S/C27H25ClN6O3/c28-22-14-19(5-7-24(22)36-15-20-3-1-2-10-29-20)33-25-21-13-18(4-6-23(21)31-17-32-25)34-26-30-16-27(37-26)8-11-35-12-9-27/h1-7,10,13-14,17H,8-9,11-12,15-16H2,(H,30,34)(H,31,32,33). The molecule has 4 heterocycles. The quantitative estimate of drug-likeness (QED) is 0.353. The van der Waals surface area contributed by atoms with Crippen LogP contribution in [-0.2, 0) is 16.1 Å². The van der Waals surface area contributed by atoms with Gasteiger partial charge in [0.1, 0.15) is 30.1 Å². The summed E-state index contributed by atoms with van der Waals surface area (Å²) in [5, 5.41) is 7.98. The predicted octanol–water partition coefficient (Wildman–Crippen LogP) is 5.35. The van der Waals surface area contributed by atoms with Crippen molar-refractivity contribution in [1.29, 1.82) is 0 Å². The van der Waals surface area contributed by atoms with E-state index < -0.39 is 0 Å². The van der Waals surface area contributed by atoms with Crippen LogP contribution in [0.15, 0.2) is 72.1 Å². The largest absolute Gasteiger partial charge is 0.486 e. The number of pyridine rings is 1. The van der Waals surface area contributed by atoms with Crippen LogP contribution in [0.2, 0.25) is 5.02 Å². The predicted molar refractivity (Wildman–Crippen MR) is 143 cm³/mol. The van der Waals surface area contributed by atoms with Crippen LogP contribution in [0.5, 0.6) is 5.75 Å². The van der Waals surface area contributed by atoms with Gasteiger partial charge in [-0.2, -0.15) is 0 Å². The van der Waals surface area contributed by atoms with Gasteiger partial charge in [-0.3, -0.25) is 4.98 Å². The minimum atomic E-state index is -0.250. The van der Waals surface area contributed by atoms with Crippen molar-refractivity contribution in [3.05, 3.63) is 77.8 Å². The van der Waals surface area contributed by atoms with Crippen LogP contribution in [0, 0.1) is 0 Å². The van der Waals surface area contributed by atoms with E-state index in [1.165, 1.54) is 6.33 Å². The number of aromatic nitrogens is 3. The zero-order chi connectivity index (χ0) is 25.1. The van der Waals surface area contributed by atoms with Crippen LogP contribution < -0.4 is 15.4 Å². The summed E-state index contributed by atoms with van der Waals surface area (Å²) >= 11 is 6.50. The molecule has 0 aliphatic carbocycles. The summed E-state index contributed by atoms with van der Waals surface area (Å²) in [5.74, 6) is 1.23. The molecule has 0 radical (unpaired) electrons. The lowest BCUT2D eigenvalue weighted by atomic mass is 9.95. The van der Waals surface area contributed by atoms with Crippen LogP contribution in [0.1, 0.15) is 18.5 Å². The second-order valence-electron chi connectivity index (χ2n) is 8.98. The molecule has 2 aromatic heterocycles. The number of nitrogens with zero attached hydrogens (tertiary/aromatic N) is 4. The first-order chi connectivity index (χ1) is 18.2. The van der Waals surface area contributed by atoms with E-state index in [2.05, 4.69) is 30.6 Å². The number of hydrogen-bond acceptors (Lipinski definition) is 9. The van der Waals surface area contributed by atoms with Gasteiger partial charge in [-0.1, -0.05) is 17.7 Å². The van der Waals surface area contributed by atoms with Gasteiger partial charge in [0.15, 0.2) is 0 Å². The van der Waals surface area contributed by atoms with Crippen molar-refractivity contribution in [3.8, 4) is 5.75 Å². The van der Waals surface area contributed by atoms with Gasteiger partial charge in [-0.25, -0.2) is 15.0 Å². The van der Waals surface area contributed by atoms with E-state index in [9.17, 15) is 0 Å². The molecular weight excluding hydrogens is 492 g/mol. The molecule has 37 heavy (non-hydrogen) atoms. The number of benzene rings is 2. The first-order valence-electron chi connectivity index (χ1n) is 12.1. The molecule has 0 bridgehead atoms. The molecule has 0 unspecified atom stereocenters. The lowest BCUT2D eigenvalue weighted by Gasteiger charge is -2.31. The van der Waals surface area contributed by atoms with Gasteiger partial charge >= 0.3 is 0 Å². The Labute approximate surface area is 218 Å². The molecule has 1 spiro atoms. The summed E-state index contributed by atoms with van der Waals surface area (Å²) in [7, 11) is 0. The number of amidine groups is 1. The Morgan fingerprint density at radius 3 is 2.65 bits per heavy atom. The molecule has 1 fully saturated rings. The number of anilines is 3. The highest BCUT2D eigenvalue weighted by Gasteiger charge is 2.39. The van der Waals surface area contributed by atoms with E-state index in [0.29, 0.717) is 49.0 Å². The molecule has 0 amide bonds. The average molecular weight is 517 g/mol. The molecule has 1 saturated heterocycles. The number of nitrogens with one attached hydrogen (secondary N) is 2. The van der Waals surface area contributed by atoms with E-state index in [4.69, 9.17) is 25.8 Å². The van der Waals surface area contributed by atoms with Gasteiger partial charge in [-0.15, -0.1) is 0 Å². The fourth-order valence-electron chi connectivity index (χ4n) is 4.38. The minimum Gasteiger partial charge on any atom is -0.486 e. The lowest BCUT2D eigenvalue weighted by Crippen LogP contribution is -2.40. The second kappa shape index (κ2) is 10.2. The molecule has 4 aromatic rings. The van der Waals surface area contributed by atoms with Crippen molar-refractivity contribution < 1.29 is 14.2 Å². The van der Waals surface area contributed by atoms with E-state index in [0.717, 1.165) is 40.8 Å². The number of aliphatic imine (C=N–C) groups is 1. The zero-order valence-corrected chi connectivity index (χ0v) is 20.7. The Bertz CT molecular complexity index is 1440. The normalized spacial score (nSPS) is 16.3. The molecule has 0 saturated carbocycles. The maximum absolute atomic E-state index is 6.50. The Morgan fingerprint density at radius 1 is 0.946 bits per heavy atom. The van der Waals surface area contributed by atoms with Crippen molar-refractivity contribution in [1.82, 2.24) is 15.0 Å². The third kappa shape index (κ3) is 5.28. The number of fused-ring (bicyclic) bond motifs is 1. The Morgan fingerprint density at radius 2 is 1.81 bits per heavy atom. The van der Waals surface area contributed by atoms with Crippen LogP contribution in [-0.4, -0.2) is 46.3 Å². The summed E-state index contributed by atoms with van der Waals surface area (Å²) < 4.78 is 17.5. The van der Waals surface area contributed by atoms with E-state index in [1.807, 2.05) is 48.5 Å². The maximum atomic E-state index is 6.50. The number of hydrogen-bond donors (Lipinski definition) is 2. The van der Waals surface area contributed by atoms with Gasteiger partial charge in [-0.05, 0) is 48.5 Å². The highest BCUT2D eigenvalue weighted by atomic mass is 35.5. The molecular formula is C27H25ClN6O3. The van der Waals surface area contributed by atoms with E-state index in [-0.39, 0.29) is 5.60 Å². The van der Waals surface area contributed by atoms with Crippen molar-refractivity contribution in [2.45, 2.75) is 25.0 Å². The second-order valence-corrected chi connectivity index (χ2v) is 9.39. The molecule has 2 aliphatic heterocycles. The van der Waals surface area contributed by atoms with E-state index in [1.54, 1.807) is 12.3 Å². The van der Waals surface area contributed by atoms with Gasteiger partial charge in [0, 0.05) is 35.8 Å². The van der Waals surface area contributed by atoms with Crippen molar-refractivity contribution in [2.75, 3.05) is 30.4 Å². The highest BCUT2D eigenvalue weighted by Crippen LogP contribution is 2.33. The Kier molecular flexibility index (Phi) is 6.46. The van der Waals surface area contributed by atoms with Crippen molar-refractivity contribution in [2.24, 2.45) is 4.99 Å². The first kappa shape index (κ1) is 23.4. The summed E-state index contributed by atoms with van der Waals surface area (Å²) in [6.45, 7) is 2.38. The van der Waals surface area contributed by atoms with E-state index >= 15 is 0 Å². The minimum absolute atomic E-state index is 0.250. The van der Waals surface area contributed by atoms with Crippen LogP contribution >= 0.6 is 11.6 Å². The molecule has 0 atom stereocenters. The topological polar surface area (TPSA) is 103 Å². The molecule has 2 aromatic carbocycles. The van der Waals surface area contributed by atoms with Crippen LogP contribution in [0.3, 0.4) is 0 Å². The number of rotatable bonds is 6. The fraction of sp³-hybridized carbons (Fsp3) is 0.259. The van der Waals surface area contributed by atoms with Gasteiger partial charge < -0.3 is 24.8 Å². The summed E-state index contributed by atoms with van der Waals surface area (Å²) in [6.07, 6.45) is 4.95. The van der Waals surface area contributed by atoms with Crippen molar-refractivity contribution in [3.63, 3.8) is 0 Å². The highest BCUT2D eigenvalue weighted by molar-refractivity contribution is 6.32. The lowest BCUT2D eigenvalue weighted by molar-refractivity contribution is -0.0361. The summed E-state index contributed by atoms with van der Waals surface area (Å²) in [6, 6.07) is 17.6. The summed E-state index contributed by atoms with van der Waals surface area (Å²) in [4.78, 5) is 17.7. The molecule has 10 heteroatoms. The average Bonchev–Trinajstić information content (AvgIpc) is 3.30. The number of halogens is 1. The SMILES string of the molecule is Clc1cc(Nc2ncnc3ccc(NC4=NCC5(CCOCC5)O4)cc23)ccc1OCc1ccccn1. The third-order valence-electron chi connectivity index (χ3n) is 6.41. The van der Waals surface area contributed by atoms with Gasteiger partial charge in [0.05, 0.1) is 36.0 Å². The summed E-state index contributed by atoms with van der Waals surface area (Å²) in [5.41, 5.74) is 3.00. The number of ether oxygens (including phenoxy) is 3. The first-order valence-corrected chi connectivity index (χ1v) is 12.5. The van der Waals surface area contributed by atoms with Gasteiger partial charge in [0.25, 0.3) is 6.02 Å². The smallest absolute Gasteiger partial charge is 0.289 e. The van der Waals surface area contributed by atoms with Crippen molar-refractivity contribution >= 4 is 45.7 Å². The van der Waals surface area contributed by atoms with Crippen LogP contribution in [0.25, 0.3) is 10.9 Å². The molecule has 9 nitrogen and oxygen atoms in total. The third-order valence-corrected chi connectivity index (χ3v) is 6.71. The Hall–Kier alpha value is -3.95. The van der Waals surface area contributed by atoms with Gasteiger partial charge in [0.2, 0.25) is 0 Å². The maximum Gasteiger partial charge on any atom is 0.289 e. The molecule has 6 rings (SSSR count). The Balaban J connectivity index is 1.17. The van der Waals surface area contributed by atoms with Crippen LogP contribution in [0.4, 0.5) is 17.2 Å². The zero-order valence-electron chi connectivity index (χ0n) is 20.0. The fourth-order valence-corrected chi connectivity index (χ4v) is 4.61. The molecule has 2 N–H and O–H groups in total.